The Kier molecular flexibility index (Phi) is 6.33. The average Bonchev–Trinajstić information content (AvgIpc) is 2.90. The van der Waals surface area contributed by atoms with Crippen LogP contribution in [0.25, 0.3) is 0 Å². The monoisotopic (exact) mass is 290 g/mol. The molecule has 0 saturated heterocycles. The zero-order chi connectivity index (χ0) is 14.9. The number of aliphatic hydroxyl groups is 1. The van der Waals surface area contributed by atoms with Crippen LogP contribution in [0.5, 0.6) is 0 Å². The number of hydrogen-bond donors (Lipinski definition) is 2. The molecule has 1 unspecified atom stereocenters. The molecule has 114 valence electrons. The van der Waals surface area contributed by atoms with Crippen molar-refractivity contribution in [3.05, 3.63) is 48.0 Å². The van der Waals surface area contributed by atoms with E-state index in [2.05, 4.69) is 15.4 Å². The van der Waals surface area contributed by atoms with E-state index in [4.69, 9.17) is 4.74 Å². The second kappa shape index (κ2) is 8.51. The van der Waals surface area contributed by atoms with Crippen molar-refractivity contribution in [3.63, 3.8) is 0 Å². The van der Waals surface area contributed by atoms with Gasteiger partial charge in [0.25, 0.3) is 0 Å². The molecule has 21 heavy (non-hydrogen) atoms. The van der Waals surface area contributed by atoms with Crippen LogP contribution in [0.2, 0.25) is 0 Å². The molecule has 0 bridgehead atoms. The van der Waals surface area contributed by atoms with Gasteiger partial charge in [-0.05, 0) is 5.56 Å². The highest BCUT2D eigenvalue weighted by Gasteiger charge is 2.04. The van der Waals surface area contributed by atoms with E-state index in [9.17, 15) is 5.11 Å². The topological polar surface area (TPSA) is 72.2 Å². The quantitative estimate of drug-likeness (QED) is 0.659. The van der Waals surface area contributed by atoms with Gasteiger partial charge in [0, 0.05) is 26.6 Å². The minimum absolute atomic E-state index is 0.323. The Hall–Kier alpha value is -1.76. The Bertz CT molecular complexity index is 515. The summed E-state index contributed by atoms with van der Waals surface area (Å²) in [5.41, 5.74) is 1.11. The summed E-state index contributed by atoms with van der Waals surface area (Å²) in [6, 6.07) is 9.93. The lowest BCUT2D eigenvalue weighted by atomic mass is 10.2. The molecule has 6 nitrogen and oxygen atoms in total. The van der Waals surface area contributed by atoms with Gasteiger partial charge in [-0.25, -0.2) is 4.98 Å². The Morgan fingerprint density at radius 2 is 2.14 bits per heavy atom. The Morgan fingerprint density at radius 3 is 2.86 bits per heavy atom. The predicted octanol–water partition coefficient (Wildman–Crippen LogP) is 0.525. The second-order valence-electron chi connectivity index (χ2n) is 4.94. The zero-order valence-corrected chi connectivity index (χ0v) is 12.3. The molecule has 0 saturated carbocycles. The first-order chi connectivity index (χ1) is 10.2. The molecule has 0 fully saturated rings. The molecule has 0 aliphatic rings. The van der Waals surface area contributed by atoms with Crippen molar-refractivity contribution in [2.24, 2.45) is 7.05 Å². The fourth-order valence-corrected chi connectivity index (χ4v) is 1.91. The summed E-state index contributed by atoms with van der Waals surface area (Å²) in [5.74, 6) is 0.805. The minimum atomic E-state index is -0.509. The third-order valence-electron chi connectivity index (χ3n) is 2.97. The number of nitrogens with zero attached hydrogens (tertiary/aromatic N) is 3. The third-order valence-corrected chi connectivity index (χ3v) is 2.97. The number of aryl methyl sites for hydroxylation is 1. The lowest BCUT2D eigenvalue weighted by Gasteiger charge is -2.12. The summed E-state index contributed by atoms with van der Waals surface area (Å²) in [6.45, 7) is 2.08. The summed E-state index contributed by atoms with van der Waals surface area (Å²) >= 11 is 0. The number of rotatable bonds is 9. The Labute approximate surface area is 124 Å². The van der Waals surface area contributed by atoms with Crippen LogP contribution in [0.1, 0.15) is 11.4 Å². The van der Waals surface area contributed by atoms with Crippen molar-refractivity contribution in [1.29, 1.82) is 0 Å². The summed E-state index contributed by atoms with van der Waals surface area (Å²) < 4.78 is 7.16. The number of nitrogens with one attached hydrogen (secondary N) is 1. The maximum atomic E-state index is 9.81. The highest BCUT2D eigenvalue weighted by atomic mass is 16.5. The molecule has 2 rings (SSSR count). The highest BCUT2D eigenvalue weighted by molar-refractivity contribution is 5.13. The molecule has 1 heterocycles. The predicted molar refractivity (Wildman–Crippen MR) is 79.7 cm³/mol. The molecule has 2 aromatic rings. The maximum absolute atomic E-state index is 9.81. The van der Waals surface area contributed by atoms with E-state index in [-0.39, 0.29) is 0 Å². The van der Waals surface area contributed by atoms with Crippen LogP contribution in [0.15, 0.2) is 36.7 Å². The first-order valence-corrected chi connectivity index (χ1v) is 7.09. The normalized spacial score (nSPS) is 12.5. The molecule has 0 radical (unpaired) electrons. The first kappa shape index (κ1) is 15.6. The van der Waals surface area contributed by atoms with Gasteiger partial charge in [0.05, 0.1) is 19.3 Å². The number of ether oxygens (including phenoxy) is 1. The van der Waals surface area contributed by atoms with Gasteiger partial charge in [0.15, 0.2) is 5.82 Å². The van der Waals surface area contributed by atoms with Crippen LogP contribution in [0.4, 0.5) is 0 Å². The maximum Gasteiger partial charge on any atom is 0.151 e. The molecule has 0 spiro atoms. The molecular weight excluding hydrogens is 268 g/mol. The van der Waals surface area contributed by atoms with Gasteiger partial charge in [0.1, 0.15) is 6.33 Å². The first-order valence-electron chi connectivity index (χ1n) is 7.09. The fraction of sp³-hybridized carbons (Fsp3) is 0.467. The van der Waals surface area contributed by atoms with Gasteiger partial charge < -0.3 is 15.2 Å². The third kappa shape index (κ3) is 6.03. The Morgan fingerprint density at radius 1 is 1.33 bits per heavy atom. The smallest absolute Gasteiger partial charge is 0.151 e. The van der Waals surface area contributed by atoms with Crippen LogP contribution in [-0.4, -0.2) is 45.7 Å². The summed E-state index contributed by atoms with van der Waals surface area (Å²) in [7, 11) is 1.84. The van der Waals surface area contributed by atoms with Crippen LogP contribution in [0.3, 0.4) is 0 Å². The molecule has 1 aromatic carbocycles. The molecule has 1 atom stereocenters. The highest BCUT2D eigenvalue weighted by Crippen LogP contribution is 2.00. The molecule has 6 heteroatoms. The number of aromatic nitrogens is 3. The SMILES string of the molecule is Cn1cnc(CCNCC(O)COCc2ccccc2)n1. The van der Waals surface area contributed by atoms with Gasteiger partial charge in [-0.15, -0.1) is 0 Å². The van der Waals surface area contributed by atoms with E-state index in [0.717, 1.165) is 24.4 Å². The number of aliphatic hydroxyl groups excluding tert-OH is 1. The van der Waals surface area contributed by atoms with E-state index in [1.54, 1.807) is 11.0 Å². The van der Waals surface area contributed by atoms with Crippen LogP contribution in [0, 0.1) is 0 Å². The molecule has 2 N–H and O–H groups in total. The summed E-state index contributed by atoms with van der Waals surface area (Å²) in [4.78, 5) is 4.14. The average molecular weight is 290 g/mol. The Balaban J connectivity index is 1.52. The minimum Gasteiger partial charge on any atom is -0.389 e. The van der Waals surface area contributed by atoms with Crippen molar-refractivity contribution >= 4 is 0 Å². The van der Waals surface area contributed by atoms with Crippen molar-refractivity contribution in [2.75, 3.05) is 19.7 Å². The zero-order valence-electron chi connectivity index (χ0n) is 12.3. The van der Waals surface area contributed by atoms with Crippen LogP contribution >= 0.6 is 0 Å². The van der Waals surface area contributed by atoms with Crippen LogP contribution in [-0.2, 0) is 24.8 Å². The summed E-state index contributed by atoms with van der Waals surface area (Å²) in [6.07, 6.45) is 1.92. The lowest BCUT2D eigenvalue weighted by Crippen LogP contribution is -2.31. The van der Waals surface area contributed by atoms with Crippen molar-refractivity contribution in [3.8, 4) is 0 Å². The molecule has 0 aliphatic heterocycles. The molecule has 1 aromatic heterocycles. The van der Waals surface area contributed by atoms with Crippen LogP contribution < -0.4 is 5.32 Å². The fourth-order valence-electron chi connectivity index (χ4n) is 1.91. The van der Waals surface area contributed by atoms with E-state index >= 15 is 0 Å². The van der Waals surface area contributed by atoms with Gasteiger partial charge in [-0.1, -0.05) is 30.3 Å². The standard InChI is InChI=1S/C15H22N4O2/c1-19-12-17-15(18-19)7-8-16-9-14(20)11-21-10-13-5-3-2-4-6-13/h2-6,12,14,16,20H,7-11H2,1H3. The van der Waals surface area contributed by atoms with E-state index in [0.29, 0.717) is 19.8 Å². The van der Waals surface area contributed by atoms with Crippen molar-refractivity contribution < 1.29 is 9.84 Å². The number of benzene rings is 1. The number of hydrogen-bond acceptors (Lipinski definition) is 5. The van der Waals surface area contributed by atoms with E-state index in [1.807, 2.05) is 37.4 Å². The van der Waals surface area contributed by atoms with Gasteiger partial charge in [0.2, 0.25) is 0 Å². The van der Waals surface area contributed by atoms with E-state index < -0.39 is 6.10 Å². The van der Waals surface area contributed by atoms with Gasteiger partial charge in [-0.2, -0.15) is 5.10 Å². The molecule has 0 amide bonds. The largest absolute Gasteiger partial charge is 0.389 e. The molecular formula is C15H22N4O2. The lowest BCUT2D eigenvalue weighted by molar-refractivity contribution is 0.0290. The summed E-state index contributed by atoms with van der Waals surface area (Å²) in [5, 5.41) is 17.2. The van der Waals surface area contributed by atoms with Gasteiger partial charge >= 0.3 is 0 Å². The van der Waals surface area contributed by atoms with Crippen molar-refractivity contribution in [2.45, 2.75) is 19.1 Å². The van der Waals surface area contributed by atoms with E-state index in [1.165, 1.54) is 0 Å². The second-order valence-corrected chi connectivity index (χ2v) is 4.94. The van der Waals surface area contributed by atoms with Gasteiger partial charge in [-0.3, -0.25) is 4.68 Å². The molecule has 0 aliphatic carbocycles. The van der Waals surface area contributed by atoms with Crippen molar-refractivity contribution in [1.82, 2.24) is 20.1 Å².